The van der Waals surface area contributed by atoms with Gasteiger partial charge in [-0.1, -0.05) is 18.6 Å². The van der Waals surface area contributed by atoms with Crippen LogP contribution in [0.15, 0.2) is 24.3 Å². The lowest BCUT2D eigenvalue weighted by Crippen LogP contribution is -2.53. The lowest BCUT2D eigenvalue weighted by molar-refractivity contribution is -0.128. The van der Waals surface area contributed by atoms with Gasteiger partial charge in [-0.3, -0.25) is 9.59 Å². The zero-order valence-electron chi connectivity index (χ0n) is 15.3. The van der Waals surface area contributed by atoms with Crippen molar-refractivity contribution in [2.45, 2.75) is 63.6 Å². The highest BCUT2D eigenvalue weighted by Gasteiger charge is 2.40. The summed E-state index contributed by atoms with van der Waals surface area (Å²) in [6.45, 7) is 1.42. The molecule has 3 fully saturated rings. The summed E-state index contributed by atoms with van der Waals surface area (Å²) in [5.41, 5.74) is 7.92. The molecule has 140 valence electrons. The van der Waals surface area contributed by atoms with Crippen LogP contribution in [0.5, 0.6) is 0 Å². The average Bonchev–Trinajstić information content (AvgIpc) is 3.01. The van der Waals surface area contributed by atoms with Crippen LogP contribution in [0, 0.1) is 11.8 Å². The monoisotopic (exact) mass is 355 g/mol. The molecule has 0 spiro atoms. The Kier molecular flexibility index (Phi) is 4.98. The summed E-state index contributed by atoms with van der Waals surface area (Å²) in [7, 11) is 0. The third-order valence-corrected chi connectivity index (χ3v) is 6.41. The summed E-state index contributed by atoms with van der Waals surface area (Å²) in [4.78, 5) is 26.6. The first-order valence-electron chi connectivity index (χ1n) is 10.0. The van der Waals surface area contributed by atoms with Crippen LogP contribution in [0.2, 0.25) is 0 Å². The van der Waals surface area contributed by atoms with Gasteiger partial charge in [-0.15, -0.1) is 0 Å². The summed E-state index contributed by atoms with van der Waals surface area (Å²) in [5, 5.41) is 3.31. The number of nitrogens with two attached hydrogens (primary N) is 1. The lowest BCUT2D eigenvalue weighted by atomic mass is 9.67. The molecule has 5 nitrogen and oxygen atoms in total. The van der Waals surface area contributed by atoms with Crippen molar-refractivity contribution in [3.63, 3.8) is 0 Å². The van der Waals surface area contributed by atoms with Gasteiger partial charge in [-0.2, -0.15) is 0 Å². The van der Waals surface area contributed by atoms with Crippen molar-refractivity contribution in [3.05, 3.63) is 35.4 Å². The molecule has 1 saturated heterocycles. The SMILES string of the molecule is NC1CC2CCCC(C1)C2NC(=O)c1cccc(CN2CCCC2=O)c1. The highest BCUT2D eigenvalue weighted by molar-refractivity contribution is 5.94. The van der Waals surface area contributed by atoms with Gasteiger partial charge >= 0.3 is 0 Å². The average molecular weight is 355 g/mol. The molecule has 2 bridgehead atoms. The van der Waals surface area contributed by atoms with E-state index >= 15 is 0 Å². The van der Waals surface area contributed by atoms with E-state index in [0.29, 0.717) is 36.4 Å². The number of likely N-dealkylation sites (tertiary alicyclic amines) is 1. The first-order chi connectivity index (χ1) is 12.6. The van der Waals surface area contributed by atoms with E-state index in [1.807, 2.05) is 29.2 Å². The molecule has 26 heavy (non-hydrogen) atoms. The smallest absolute Gasteiger partial charge is 0.251 e. The third kappa shape index (κ3) is 3.63. The van der Waals surface area contributed by atoms with Gasteiger partial charge in [-0.25, -0.2) is 0 Å². The van der Waals surface area contributed by atoms with Crippen molar-refractivity contribution in [1.29, 1.82) is 0 Å². The number of fused-ring (bicyclic) bond motifs is 2. The van der Waals surface area contributed by atoms with Crippen molar-refractivity contribution < 1.29 is 9.59 Å². The number of hydrogen-bond acceptors (Lipinski definition) is 3. The van der Waals surface area contributed by atoms with E-state index in [2.05, 4.69) is 5.32 Å². The normalized spacial score (nSPS) is 31.1. The Bertz CT molecular complexity index is 676. The number of benzene rings is 1. The highest BCUT2D eigenvalue weighted by atomic mass is 16.2. The highest BCUT2D eigenvalue weighted by Crippen LogP contribution is 2.39. The van der Waals surface area contributed by atoms with Crippen molar-refractivity contribution in [1.82, 2.24) is 10.2 Å². The Morgan fingerprint density at radius 2 is 1.96 bits per heavy atom. The fourth-order valence-electron chi connectivity index (χ4n) is 5.16. The first kappa shape index (κ1) is 17.5. The predicted octanol–water partition coefficient (Wildman–Crippen LogP) is 2.44. The summed E-state index contributed by atoms with van der Waals surface area (Å²) in [5.74, 6) is 1.27. The predicted molar refractivity (Wildman–Crippen MR) is 100 cm³/mol. The van der Waals surface area contributed by atoms with E-state index in [1.165, 1.54) is 19.3 Å². The fourth-order valence-corrected chi connectivity index (χ4v) is 5.16. The van der Waals surface area contributed by atoms with Crippen LogP contribution in [0.1, 0.15) is 60.9 Å². The summed E-state index contributed by atoms with van der Waals surface area (Å²) in [6.07, 6.45) is 7.24. The fraction of sp³-hybridized carbons (Fsp3) is 0.619. The molecule has 0 aromatic heterocycles. The zero-order valence-corrected chi connectivity index (χ0v) is 15.3. The molecule has 2 atom stereocenters. The number of rotatable bonds is 4. The largest absolute Gasteiger partial charge is 0.349 e. The topological polar surface area (TPSA) is 75.4 Å². The minimum atomic E-state index is 0.0111. The molecule has 1 aromatic carbocycles. The minimum Gasteiger partial charge on any atom is -0.349 e. The number of nitrogens with one attached hydrogen (secondary N) is 1. The summed E-state index contributed by atoms with van der Waals surface area (Å²) in [6, 6.07) is 8.28. The van der Waals surface area contributed by atoms with Gasteiger partial charge in [0.1, 0.15) is 0 Å². The summed E-state index contributed by atoms with van der Waals surface area (Å²) < 4.78 is 0. The van der Waals surface area contributed by atoms with E-state index in [0.717, 1.165) is 31.4 Å². The van der Waals surface area contributed by atoms with Gasteiger partial charge in [0.05, 0.1) is 0 Å². The second-order valence-corrected chi connectivity index (χ2v) is 8.30. The van der Waals surface area contributed by atoms with Crippen molar-refractivity contribution >= 4 is 11.8 Å². The van der Waals surface area contributed by atoms with Crippen LogP contribution in [0.3, 0.4) is 0 Å². The van der Waals surface area contributed by atoms with Crippen LogP contribution in [0.4, 0.5) is 0 Å². The lowest BCUT2D eigenvalue weighted by Gasteiger charge is -2.45. The number of amides is 2. The number of hydrogen-bond donors (Lipinski definition) is 2. The van der Waals surface area contributed by atoms with E-state index in [4.69, 9.17) is 5.73 Å². The second-order valence-electron chi connectivity index (χ2n) is 8.30. The molecule has 2 aliphatic carbocycles. The van der Waals surface area contributed by atoms with Crippen molar-refractivity contribution in [3.8, 4) is 0 Å². The maximum Gasteiger partial charge on any atom is 0.251 e. The second kappa shape index (κ2) is 7.39. The Balaban J connectivity index is 1.43. The van der Waals surface area contributed by atoms with Crippen LogP contribution < -0.4 is 11.1 Å². The number of carbonyl (C=O) groups is 2. The van der Waals surface area contributed by atoms with E-state index in [9.17, 15) is 9.59 Å². The standard InChI is InChI=1S/C21H29N3O2/c22-18-11-15-5-2-6-16(12-18)20(15)23-21(26)17-7-1-4-14(10-17)13-24-9-3-8-19(24)25/h1,4,7,10,15-16,18,20H,2-3,5-6,8-9,11-13,22H2,(H,23,26). The molecule has 3 aliphatic rings. The van der Waals surface area contributed by atoms with Gasteiger partial charge in [-0.05, 0) is 61.6 Å². The van der Waals surface area contributed by atoms with Crippen LogP contribution in [-0.2, 0) is 11.3 Å². The van der Waals surface area contributed by atoms with Gasteiger partial charge in [0, 0.05) is 37.2 Å². The van der Waals surface area contributed by atoms with E-state index < -0.39 is 0 Å². The molecule has 3 N–H and O–H groups in total. The Morgan fingerprint density at radius 1 is 1.19 bits per heavy atom. The van der Waals surface area contributed by atoms with Crippen LogP contribution >= 0.6 is 0 Å². The molecule has 1 aliphatic heterocycles. The first-order valence-corrected chi connectivity index (χ1v) is 10.0. The van der Waals surface area contributed by atoms with E-state index in [-0.39, 0.29) is 17.9 Å². The molecule has 2 amide bonds. The molecule has 5 heteroatoms. The van der Waals surface area contributed by atoms with Crippen LogP contribution in [-0.4, -0.2) is 35.3 Å². The van der Waals surface area contributed by atoms with Crippen molar-refractivity contribution in [2.75, 3.05) is 6.54 Å². The Hall–Kier alpha value is -1.88. The Labute approximate surface area is 155 Å². The quantitative estimate of drug-likeness (QED) is 0.871. The molecule has 4 rings (SSSR count). The minimum absolute atomic E-state index is 0.0111. The van der Waals surface area contributed by atoms with E-state index in [1.54, 1.807) is 0 Å². The third-order valence-electron chi connectivity index (χ3n) is 6.41. The number of carbonyl (C=O) groups excluding carboxylic acids is 2. The summed E-state index contributed by atoms with van der Waals surface area (Å²) >= 11 is 0. The molecule has 1 heterocycles. The van der Waals surface area contributed by atoms with Gasteiger partial charge in [0.25, 0.3) is 5.91 Å². The maximum atomic E-state index is 12.9. The molecule has 0 radical (unpaired) electrons. The van der Waals surface area contributed by atoms with Gasteiger partial charge in [0.15, 0.2) is 0 Å². The van der Waals surface area contributed by atoms with Crippen molar-refractivity contribution in [2.24, 2.45) is 17.6 Å². The molecule has 2 unspecified atom stereocenters. The zero-order chi connectivity index (χ0) is 18.1. The Morgan fingerprint density at radius 3 is 2.65 bits per heavy atom. The van der Waals surface area contributed by atoms with Gasteiger partial charge in [0.2, 0.25) is 5.91 Å². The molecule has 2 saturated carbocycles. The molecular formula is C21H29N3O2. The van der Waals surface area contributed by atoms with Gasteiger partial charge < -0.3 is 16.0 Å². The van der Waals surface area contributed by atoms with Crippen LogP contribution in [0.25, 0.3) is 0 Å². The molecule has 1 aromatic rings. The maximum absolute atomic E-state index is 12.9. The molecular weight excluding hydrogens is 326 g/mol. The number of nitrogens with zero attached hydrogens (tertiary/aromatic N) is 1.